The fourth-order valence-corrected chi connectivity index (χ4v) is 3.44. The molecule has 1 aromatic carbocycles. The molecule has 1 rings (SSSR count). The van der Waals surface area contributed by atoms with Crippen LogP contribution in [0.4, 0.5) is 0 Å². The number of hydrogen-bond donors (Lipinski definition) is 1. The summed E-state index contributed by atoms with van der Waals surface area (Å²) in [6.45, 7) is 12.7. The molecule has 2 heteroatoms. The number of hydrogen-bond acceptors (Lipinski definition) is 2. The lowest BCUT2D eigenvalue weighted by Gasteiger charge is -2.51. The topological polar surface area (TPSA) is 29.5 Å². The Labute approximate surface area is 130 Å². The van der Waals surface area contributed by atoms with E-state index >= 15 is 0 Å². The number of benzene rings is 1. The molecule has 0 saturated heterocycles. The van der Waals surface area contributed by atoms with Crippen LogP contribution in [0, 0.1) is 10.8 Å². The highest BCUT2D eigenvalue weighted by atomic mass is 16.6. The van der Waals surface area contributed by atoms with Crippen molar-refractivity contribution in [3.05, 3.63) is 30.3 Å². The van der Waals surface area contributed by atoms with E-state index in [0.717, 1.165) is 31.4 Å². The van der Waals surface area contributed by atoms with Gasteiger partial charge in [-0.05, 0) is 25.0 Å². The number of rotatable bonds is 8. The van der Waals surface area contributed by atoms with Gasteiger partial charge in [0.05, 0.1) is 0 Å². The Hall–Kier alpha value is -1.02. The van der Waals surface area contributed by atoms with Crippen molar-refractivity contribution in [1.82, 2.24) is 0 Å². The second kappa shape index (κ2) is 6.83. The summed E-state index contributed by atoms with van der Waals surface area (Å²) in [5.41, 5.74) is -0.646. The van der Waals surface area contributed by atoms with Crippen molar-refractivity contribution in [2.24, 2.45) is 10.8 Å². The summed E-state index contributed by atoms with van der Waals surface area (Å²) in [6.07, 6.45) is 3.89. The summed E-state index contributed by atoms with van der Waals surface area (Å²) in [5, 5.41) is 11.6. The summed E-state index contributed by atoms with van der Waals surface area (Å²) >= 11 is 0. The summed E-state index contributed by atoms with van der Waals surface area (Å²) < 4.78 is 6.19. The van der Waals surface area contributed by atoms with Crippen molar-refractivity contribution in [3.8, 4) is 5.75 Å². The van der Waals surface area contributed by atoms with Crippen LogP contribution in [0.3, 0.4) is 0 Å². The molecule has 0 spiro atoms. The monoisotopic (exact) mass is 292 g/mol. The molecule has 0 aliphatic carbocycles. The largest absolute Gasteiger partial charge is 0.461 e. The van der Waals surface area contributed by atoms with Gasteiger partial charge in [0.1, 0.15) is 5.75 Å². The Morgan fingerprint density at radius 3 is 1.67 bits per heavy atom. The highest BCUT2D eigenvalue weighted by Crippen LogP contribution is 2.49. The average molecular weight is 292 g/mol. The van der Waals surface area contributed by atoms with Crippen LogP contribution in [0.2, 0.25) is 0 Å². The Kier molecular flexibility index (Phi) is 5.86. The minimum absolute atomic E-state index is 0.323. The van der Waals surface area contributed by atoms with Crippen molar-refractivity contribution in [3.63, 3.8) is 0 Å². The third kappa shape index (κ3) is 3.79. The minimum atomic E-state index is -1.20. The van der Waals surface area contributed by atoms with E-state index in [-0.39, 0.29) is 10.8 Å². The Bertz CT molecular complexity index is 402. The van der Waals surface area contributed by atoms with Gasteiger partial charge in [0.25, 0.3) is 0 Å². The lowest BCUT2D eigenvalue weighted by molar-refractivity contribution is -0.280. The van der Waals surface area contributed by atoms with Gasteiger partial charge in [-0.25, -0.2) is 0 Å². The molecule has 0 fully saturated rings. The first-order valence-electron chi connectivity index (χ1n) is 8.16. The molecule has 0 radical (unpaired) electrons. The van der Waals surface area contributed by atoms with E-state index in [9.17, 15) is 5.11 Å². The standard InChI is InChI=1S/C19H32O2/c1-7-14-17(3,4)19(20,18(5,6)15-8-2)21-16-12-10-9-11-13-16/h9-13,20H,7-8,14-15H2,1-6H3. The molecule has 0 bridgehead atoms. The van der Waals surface area contributed by atoms with Crippen LogP contribution in [0.25, 0.3) is 0 Å². The Balaban J connectivity index is 3.22. The van der Waals surface area contributed by atoms with E-state index in [1.807, 2.05) is 30.3 Å². The molecular weight excluding hydrogens is 260 g/mol. The van der Waals surface area contributed by atoms with E-state index in [0.29, 0.717) is 0 Å². The molecule has 0 unspecified atom stereocenters. The van der Waals surface area contributed by atoms with Gasteiger partial charge in [0, 0.05) is 10.8 Å². The normalized spacial score (nSPS) is 13.3. The summed E-state index contributed by atoms with van der Waals surface area (Å²) in [7, 11) is 0. The molecule has 2 nitrogen and oxygen atoms in total. The molecule has 1 aromatic rings. The van der Waals surface area contributed by atoms with Crippen molar-refractivity contribution in [1.29, 1.82) is 0 Å². The first-order valence-corrected chi connectivity index (χ1v) is 8.16. The first-order chi connectivity index (χ1) is 9.70. The maximum absolute atomic E-state index is 11.6. The van der Waals surface area contributed by atoms with Crippen LogP contribution >= 0.6 is 0 Å². The van der Waals surface area contributed by atoms with Gasteiger partial charge in [0.2, 0.25) is 5.79 Å². The molecule has 0 heterocycles. The van der Waals surface area contributed by atoms with Gasteiger partial charge in [-0.1, -0.05) is 72.6 Å². The smallest absolute Gasteiger partial charge is 0.218 e. The molecule has 0 aliphatic rings. The molecule has 21 heavy (non-hydrogen) atoms. The van der Waals surface area contributed by atoms with Crippen molar-refractivity contribution in [2.75, 3.05) is 0 Å². The minimum Gasteiger partial charge on any atom is -0.461 e. The fraction of sp³-hybridized carbons (Fsp3) is 0.684. The third-order valence-corrected chi connectivity index (χ3v) is 4.59. The van der Waals surface area contributed by atoms with Gasteiger partial charge >= 0.3 is 0 Å². The highest BCUT2D eigenvalue weighted by Gasteiger charge is 2.55. The van der Waals surface area contributed by atoms with E-state index in [2.05, 4.69) is 41.5 Å². The summed E-state index contributed by atoms with van der Waals surface area (Å²) in [6, 6.07) is 9.66. The zero-order chi connectivity index (χ0) is 16.1. The third-order valence-electron chi connectivity index (χ3n) is 4.59. The Morgan fingerprint density at radius 1 is 0.857 bits per heavy atom. The van der Waals surface area contributed by atoms with Gasteiger partial charge in [-0.3, -0.25) is 0 Å². The van der Waals surface area contributed by atoms with E-state index < -0.39 is 5.79 Å². The quantitative estimate of drug-likeness (QED) is 0.649. The molecule has 0 saturated carbocycles. The molecule has 0 atom stereocenters. The number of para-hydroxylation sites is 1. The highest BCUT2D eigenvalue weighted by molar-refractivity contribution is 5.22. The van der Waals surface area contributed by atoms with Gasteiger partial charge in [0.15, 0.2) is 0 Å². The van der Waals surface area contributed by atoms with Gasteiger partial charge < -0.3 is 9.84 Å². The van der Waals surface area contributed by atoms with Crippen LogP contribution < -0.4 is 4.74 Å². The predicted octanol–water partition coefficient (Wildman–Crippen LogP) is 5.41. The van der Waals surface area contributed by atoms with Crippen molar-refractivity contribution < 1.29 is 9.84 Å². The van der Waals surface area contributed by atoms with E-state index in [4.69, 9.17) is 4.74 Å². The molecule has 0 aromatic heterocycles. The predicted molar refractivity (Wildman–Crippen MR) is 89.4 cm³/mol. The Morgan fingerprint density at radius 2 is 1.29 bits per heavy atom. The maximum Gasteiger partial charge on any atom is 0.218 e. The lowest BCUT2D eigenvalue weighted by atomic mass is 9.65. The van der Waals surface area contributed by atoms with Crippen LogP contribution in [0.5, 0.6) is 5.75 Å². The zero-order valence-electron chi connectivity index (χ0n) is 14.6. The maximum atomic E-state index is 11.6. The van der Waals surface area contributed by atoms with E-state index in [1.54, 1.807) is 0 Å². The van der Waals surface area contributed by atoms with Gasteiger partial charge in [-0.15, -0.1) is 0 Å². The molecule has 0 amide bonds. The first kappa shape index (κ1) is 18.0. The molecule has 0 aliphatic heterocycles. The SMILES string of the molecule is CCCC(C)(C)C(O)(Oc1ccccc1)C(C)(C)CCC. The second-order valence-electron chi connectivity index (χ2n) is 7.33. The molecule has 1 N–H and O–H groups in total. The van der Waals surface area contributed by atoms with Crippen LogP contribution in [0.1, 0.15) is 67.2 Å². The molecular formula is C19H32O2. The lowest BCUT2D eigenvalue weighted by Crippen LogP contribution is -2.59. The van der Waals surface area contributed by atoms with Crippen LogP contribution in [0.15, 0.2) is 30.3 Å². The van der Waals surface area contributed by atoms with E-state index in [1.165, 1.54) is 0 Å². The molecule has 120 valence electrons. The summed E-state index contributed by atoms with van der Waals surface area (Å²) in [5.74, 6) is -0.471. The number of aliphatic hydroxyl groups is 1. The van der Waals surface area contributed by atoms with Crippen LogP contribution in [-0.2, 0) is 0 Å². The van der Waals surface area contributed by atoms with Crippen LogP contribution in [-0.4, -0.2) is 10.9 Å². The average Bonchev–Trinajstić information content (AvgIpc) is 2.39. The van der Waals surface area contributed by atoms with Gasteiger partial charge in [-0.2, -0.15) is 0 Å². The van der Waals surface area contributed by atoms with Crippen molar-refractivity contribution in [2.45, 2.75) is 73.0 Å². The number of ether oxygens (including phenoxy) is 1. The fourth-order valence-electron chi connectivity index (χ4n) is 3.44. The zero-order valence-corrected chi connectivity index (χ0v) is 14.6. The van der Waals surface area contributed by atoms with Crippen molar-refractivity contribution >= 4 is 0 Å². The summed E-state index contributed by atoms with van der Waals surface area (Å²) in [4.78, 5) is 0. The second-order valence-corrected chi connectivity index (χ2v) is 7.33.